The maximum Gasteiger partial charge on any atom is 0.418 e. The topological polar surface area (TPSA) is 62.9 Å². The van der Waals surface area contributed by atoms with Crippen LogP contribution in [0.25, 0.3) is 11.8 Å². The number of para-hydroxylation sites is 1. The fourth-order valence-corrected chi connectivity index (χ4v) is 4.42. The van der Waals surface area contributed by atoms with Crippen molar-refractivity contribution in [3.63, 3.8) is 0 Å². The van der Waals surface area contributed by atoms with Crippen molar-refractivity contribution in [3.8, 4) is 11.8 Å². The molecule has 0 aliphatic carbocycles. The number of halogens is 3. The second-order valence-corrected chi connectivity index (χ2v) is 8.53. The van der Waals surface area contributed by atoms with E-state index in [1.54, 1.807) is 44.2 Å². The summed E-state index contributed by atoms with van der Waals surface area (Å²) in [5, 5.41) is 9.47. The molecule has 0 aliphatic heterocycles. The lowest BCUT2D eigenvalue weighted by Gasteiger charge is -2.16. The molecule has 0 atom stereocenters. The fourth-order valence-electron chi connectivity index (χ4n) is 3.25. The molecule has 1 heterocycles. The predicted octanol–water partition coefficient (Wildman–Crippen LogP) is 5.45. The minimum absolute atomic E-state index is 0.0333. The second kappa shape index (κ2) is 7.84. The molecule has 0 aliphatic rings. The van der Waals surface area contributed by atoms with Crippen molar-refractivity contribution >= 4 is 15.9 Å². The molecule has 0 unspecified atom stereocenters. The van der Waals surface area contributed by atoms with Gasteiger partial charge >= 0.3 is 6.18 Å². The molecule has 4 nitrogen and oxygen atoms in total. The molecular weight excluding hydrogens is 413 g/mol. The Morgan fingerprint density at radius 2 is 1.63 bits per heavy atom. The molecule has 0 saturated carbocycles. The Balaban J connectivity index is 2.17. The highest BCUT2D eigenvalue weighted by Crippen LogP contribution is 2.36. The summed E-state index contributed by atoms with van der Waals surface area (Å²) in [6.07, 6.45) is -3.36. The smallest absolute Gasteiger partial charge is 0.317 e. The quantitative estimate of drug-likeness (QED) is 0.517. The molecule has 154 valence electrons. The summed E-state index contributed by atoms with van der Waals surface area (Å²) in [6.45, 7) is 3.20. The van der Waals surface area contributed by atoms with Crippen molar-refractivity contribution in [1.82, 2.24) is 4.57 Å². The molecule has 0 spiro atoms. The highest BCUT2D eigenvalue weighted by atomic mass is 32.2. The van der Waals surface area contributed by atoms with Crippen molar-refractivity contribution < 1.29 is 21.6 Å². The van der Waals surface area contributed by atoms with Gasteiger partial charge in [0.25, 0.3) is 0 Å². The minimum Gasteiger partial charge on any atom is -0.317 e. The van der Waals surface area contributed by atoms with Gasteiger partial charge in [-0.1, -0.05) is 30.3 Å². The van der Waals surface area contributed by atoms with Crippen molar-refractivity contribution in [1.29, 1.82) is 5.26 Å². The molecule has 0 fully saturated rings. The maximum atomic E-state index is 13.5. The van der Waals surface area contributed by atoms with E-state index in [1.165, 1.54) is 41.0 Å². The minimum atomic E-state index is -4.55. The molecule has 8 heteroatoms. The van der Waals surface area contributed by atoms with Crippen LogP contribution in [0.3, 0.4) is 0 Å². The fraction of sp³-hybridized carbons (Fsp3) is 0.136. The van der Waals surface area contributed by atoms with Gasteiger partial charge in [-0.2, -0.15) is 18.4 Å². The summed E-state index contributed by atoms with van der Waals surface area (Å²) in [7, 11) is -4.05. The summed E-state index contributed by atoms with van der Waals surface area (Å²) in [4.78, 5) is -0.521. The van der Waals surface area contributed by atoms with Crippen LogP contribution in [0.5, 0.6) is 0 Å². The number of allylic oxidation sites excluding steroid dienone is 1. The number of sulfone groups is 1. The zero-order valence-electron chi connectivity index (χ0n) is 16.1. The van der Waals surface area contributed by atoms with Crippen molar-refractivity contribution in [3.05, 3.63) is 88.1 Å². The summed E-state index contributed by atoms with van der Waals surface area (Å²) in [5.74, 6) is 0. The largest absolute Gasteiger partial charge is 0.418 e. The van der Waals surface area contributed by atoms with Crippen molar-refractivity contribution in [2.45, 2.75) is 24.9 Å². The normalized spacial score (nSPS) is 12.6. The molecular formula is C22H17F3N2O2S. The summed E-state index contributed by atoms with van der Waals surface area (Å²) >= 11 is 0. The van der Waals surface area contributed by atoms with Crippen LogP contribution in [-0.2, 0) is 16.0 Å². The Kier molecular flexibility index (Phi) is 5.59. The van der Waals surface area contributed by atoms with Crippen molar-refractivity contribution in [2.75, 3.05) is 0 Å². The van der Waals surface area contributed by atoms with Gasteiger partial charge in [0.05, 0.1) is 16.1 Å². The lowest BCUT2D eigenvalue weighted by atomic mass is 10.1. The number of nitriles is 1. The average molecular weight is 430 g/mol. The van der Waals surface area contributed by atoms with Crippen LogP contribution in [0.2, 0.25) is 0 Å². The van der Waals surface area contributed by atoms with Gasteiger partial charge in [-0.15, -0.1) is 0 Å². The number of alkyl halides is 3. The molecule has 3 aromatic rings. The molecule has 0 radical (unpaired) electrons. The van der Waals surface area contributed by atoms with E-state index in [-0.39, 0.29) is 10.6 Å². The first kappa shape index (κ1) is 21.4. The maximum absolute atomic E-state index is 13.5. The standard InChI is InChI=1S/C22H17F3N2O2S/c1-15-12-17(13-19(14-26)30(28,29)18-8-4-3-5-9-18)16(2)27(15)21-11-7-6-10-20(21)22(23,24)25/h3-13H,1-2H3/b19-13+. The zero-order valence-corrected chi connectivity index (χ0v) is 16.9. The van der Waals surface area contributed by atoms with Crippen LogP contribution in [0.1, 0.15) is 22.5 Å². The molecule has 2 aromatic carbocycles. The van der Waals surface area contributed by atoms with Gasteiger partial charge < -0.3 is 4.57 Å². The Morgan fingerprint density at radius 3 is 2.23 bits per heavy atom. The monoisotopic (exact) mass is 430 g/mol. The average Bonchev–Trinajstić information content (AvgIpc) is 2.99. The SMILES string of the molecule is Cc1cc(/C=C(\C#N)S(=O)(=O)c2ccccc2)c(C)n1-c1ccccc1C(F)(F)F. The van der Waals surface area contributed by atoms with Crippen molar-refractivity contribution in [2.24, 2.45) is 0 Å². The van der Waals surface area contributed by atoms with E-state index in [0.29, 0.717) is 17.0 Å². The number of rotatable bonds is 4. The molecule has 3 rings (SSSR count). The van der Waals surface area contributed by atoms with E-state index in [2.05, 4.69) is 0 Å². The summed E-state index contributed by atoms with van der Waals surface area (Å²) in [6, 6.07) is 15.9. The first-order valence-electron chi connectivity index (χ1n) is 8.85. The number of nitrogens with zero attached hydrogens (tertiary/aromatic N) is 2. The number of benzene rings is 2. The molecule has 0 N–H and O–H groups in total. The van der Waals surface area contributed by atoms with Crippen LogP contribution >= 0.6 is 0 Å². The number of aromatic nitrogens is 1. The Morgan fingerprint density at radius 1 is 1.03 bits per heavy atom. The summed E-state index contributed by atoms with van der Waals surface area (Å²) < 4.78 is 67.4. The highest BCUT2D eigenvalue weighted by molar-refractivity contribution is 7.95. The van der Waals surface area contributed by atoms with E-state index in [9.17, 15) is 26.9 Å². The summed E-state index contributed by atoms with van der Waals surface area (Å²) in [5.41, 5.74) is 0.342. The predicted molar refractivity (Wildman–Crippen MR) is 107 cm³/mol. The van der Waals surface area contributed by atoms with Gasteiger partial charge in [-0.3, -0.25) is 0 Å². The third-order valence-corrected chi connectivity index (χ3v) is 6.34. The van der Waals surface area contributed by atoms with Gasteiger partial charge in [-0.25, -0.2) is 8.42 Å². The third-order valence-electron chi connectivity index (χ3n) is 4.66. The molecule has 30 heavy (non-hydrogen) atoms. The van der Waals surface area contributed by atoms with E-state index in [0.717, 1.165) is 6.07 Å². The Bertz CT molecular complexity index is 1270. The lowest BCUT2D eigenvalue weighted by molar-refractivity contribution is -0.137. The molecule has 1 aromatic heterocycles. The zero-order chi connectivity index (χ0) is 22.1. The number of aryl methyl sites for hydroxylation is 1. The molecule has 0 amide bonds. The van der Waals surface area contributed by atoms with E-state index < -0.39 is 26.5 Å². The first-order valence-corrected chi connectivity index (χ1v) is 10.3. The van der Waals surface area contributed by atoms with E-state index in [1.807, 2.05) is 0 Å². The number of hydrogen-bond donors (Lipinski definition) is 0. The third kappa shape index (κ3) is 3.89. The van der Waals surface area contributed by atoms with Crippen LogP contribution in [0, 0.1) is 25.2 Å². The Hall–Kier alpha value is -3.31. The van der Waals surface area contributed by atoms with Crippen LogP contribution in [-0.4, -0.2) is 13.0 Å². The van der Waals surface area contributed by atoms with E-state index >= 15 is 0 Å². The number of hydrogen-bond acceptors (Lipinski definition) is 3. The van der Waals surface area contributed by atoms with Gasteiger partial charge in [0.1, 0.15) is 11.0 Å². The Labute approximate surface area is 172 Å². The second-order valence-electron chi connectivity index (χ2n) is 6.61. The van der Waals surface area contributed by atoms with Gasteiger partial charge in [0.2, 0.25) is 9.84 Å². The van der Waals surface area contributed by atoms with Crippen LogP contribution in [0.4, 0.5) is 13.2 Å². The lowest BCUT2D eigenvalue weighted by Crippen LogP contribution is -2.12. The molecule has 0 saturated heterocycles. The van der Waals surface area contributed by atoms with E-state index in [4.69, 9.17) is 0 Å². The van der Waals surface area contributed by atoms with Crippen LogP contribution < -0.4 is 0 Å². The first-order chi connectivity index (χ1) is 14.1. The highest BCUT2D eigenvalue weighted by Gasteiger charge is 2.34. The van der Waals surface area contributed by atoms with Gasteiger partial charge in [0.15, 0.2) is 0 Å². The molecule has 0 bridgehead atoms. The van der Waals surface area contributed by atoms with Gasteiger partial charge in [0, 0.05) is 11.4 Å². The van der Waals surface area contributed by atoms with Gasteiger partial charge in [-0.05, 0) is 55.8 Å². The van der Waals surface area contributed by atoms with Crippen LogP contribution in [0.15, 0.2) is 70.5 Å².